The van der Waals surface area contributed by atoms with Gasteiger partial charge in [-0.2, -0.15) is 0 Å². The average Bonchev–Trinajstić information content (AvgIpc) is 2.96. The van der Waals surface area contributed by atoms with E-state index in [0.29, 0.717) is 12.5 Å². The van der Waals surface area contributed by atoms with Crippen molar-refractivity contribution < 1.29 is 4.74 Å². The summed E-state index contributed by atoms with van der Waals surface area (Å²) < 4.78 is 6.78. The molecule has 2 aromatic rings. The van der Waals surface area contributed by atoms with Crippen LogP contribution in [0, 0.1) is 0 Å². The van der Waals surface area contributed by atoms with Crippen LogP contribution in [0.5, 0.6) is 0 Å². The van der Waals surface area contributed by atoms with Crippen LogP contribution in [0.3, 0.4) is 0 Å². The highest BCUT2D eigenvalue weighted by Gasteiger charge is 2.28. The molecular formula is C15H15BrN2O. The fourth-order valence-electron chi connectivity index (χ4n) is 2.13. The molecule has 0 atom stereocenters. The largest absolute Gasteiger partial charge is 0.474 e. The highest BCUT2D eigenvalue weighted by molar-refractivity contribution is 9.10. The summed E-state index contributed by atoms with van der Waals surface area (Å²) in [7, 11) is 0. The normalized spacial score (nSPS) is 17.1. The molecular weight excluding hydrogens is 304 g/mol. The fraction of sp³-hybridized carbons (Fsp3) is 0.267. The number of ether oxygens (including phenoxy) is 1. The standard InChI is InChI=1S/C15H15BrN2O/c1-15(2)9-19-14(18-15)13-12(7-8-17-13)10-3-5-11(16)6-4-10/h3-8,17H,9H2,1-2H3. The van der Waals surface area contributed by atoms with E-state index in [4.69, 9.17) is 4.74 Å². The number of halogens is 1. The molecule has 0 fully saturated rings. The molecule has 4 heteroatoms. The monoisotopic (exact) mass is 318 g/mol. The Morgan fingerprint density at radius 1 is 1.21 bits per heavy atom. The van der Waals surface area contributed by atoms with Crippen LogP contribution >= 0.6 is 15.9 Å². The first-order valence-corrected chi connectivity index (χ1v) is 7.01. The summed E-state index contributed by atoms with van der Waals surface area (Å²) in [6, 6.07) is 10.3. The van der Waals surface area contributed by atoms with Crippen LogP contribution in [0.25, 0.3) is 11.1 Å². The Morgan fingerprint density at radius 3 is 2.58 bits per heavy atom. The van der Waals surface area contributed by atoms with Crippen LogP contribution in [0.2, 0.25) is 0 Å². The van der Waals surface area contributed by atoms with Crippen molar-refractivity contribution in [1.29, 1.82) is 0 Å². The molecule has 0 aliphatic carbocycles. The van der Waals surface area contributed by atoms with Crippen molar-refractivity contribution in [2.45, 2.75) is 19.4 Å². The van der Waals surface area contributed by atoms with Crippen molar-refractivity contribution in [2.24, 2.45) is 4.99 Å². The van der Waals surface area contributed by atoms with Gasteiger partial charge in [-0.05, 0) is 37.6 Å². The minimum atomic E-state index is -0.141. The Balaban J connectivity index is 2.02. The summed E-state index contributed by atoms with van der Waals surface area (Å²) in [4.78, 5) is 7.85. The van der Waals surface area contributed by atoms with Crippen LogP contribution in [-0.4, -0.2) is 23.0 Å². The molecule has 1 aromatic heterocycles. The Kier molecular flexibility index (Phi) is 2.97. The summed E-state index contributed by atoms with van der Waals surface area (Å²) in [5.41, 5.74) is 3.07. The molecule has 1 aromatic carbocycles. The molecule has 0 bridgehead atoms. The van der Waals surface area contributed by atoms with Crippen LogP contribution in [0.15, 0.2) is 46.0 Å². The zero-order valence-corrected chi connectivity index (χ0v) is 12.5. The van der Waals surface area contributed by atoms with Gasteiger partial charge in [0.05, 0.1) is 5.54 Å². The van der Waals surface area contributed by atoms with Crippen LogP contribution < -0.4 is 0 Å². The molecule has 1 aliphatic heterocycles. The third kappa shape index (κ3) is 2.45. The van der Waals surface area contributed by atoms with E-state index in [1.807, 2.05) is 18.3 Å². The molecule has 3 nitrogen and oxygen atoms in total. The number of hydrogen-bond donors (Lipinski definition) is 1. The SMILES string of the molecule is CC1(C)COC(c2[nH]ccc2-c2ccc(Br)cc2)=N1. The highest BCUT2D eigenvalue weighted by Crippen LogP contribution is 2.28. The summed E-state index contributed by atoms with van der Waals surface area (Å²) in [5.74, 6) is 0.702. The van der Waals surface area contributed by atoms with E-state index in [-0.39, 0.29) is 5.54 Å². The van der Waals surface area contributed by atoms with Crippen molar-refractivity contribution in [3.8, 4) is 11.1 Å². The van der Waals surface area contributed by atoms with Gasteiger partial charge < -0.3 is 9.72 Å². The summed E-state index contributed by atoms with van der Waals surface area (Å²) in [5, 5.41) is 0. The zero-order valence-electron chi connectivity index (χ0n) is 10.9. The third-order valence-electron chi connectivity index (χ3n) is 3.08. The minimum absolute atomic E-state index is 0.141. The first kappa shape index (κ1) is 12.5. The van der Waals surface area contributed by atoms with Gasteiger partial charge in [0.25, 0.3) is 0 Å². The van der Waals surface area contributed by atoms with Gasteiger partial charge in [0.1, 0.15) is 12.3 Å². The second-order valence-electron chi connectivity index (χ2n) is 5.29. The molecule has 98 valence electrons. The van der Waals surface area contributed by atoms with Gasteiger partial charge in [-0.25, -0.2) is 4.99 Å². The first-order chi connectivity index (χ1) is 9.05. The summed E-state index contributed by atoms with van der Waals surface area (Å²) in [6.07, 6.45) is 1.92. The molecule has 1 aliphatic rings. The maximum atomic E-state index is 5.71. The minimum Gasteiger partial charge on any atom is -0.474 e. The van der Waals surface area contributed by atoms with Crippen LogP contribution in [0.4, 0.5) is 0 Å². The molecule has 0 radical (unpaired) electrons. The predicted molar refractivity (Wildman–Crippen MR) is 80.5 cm³/mol. The number of aromatic nitrogens is 1. The highest BCUT2D eigenvalue weighted by atomic mass is 79.9. The lowest BCUT2D eigenvalue weighted by atomic mass is 10.1. The number of nitrogens with zero attached hydrogens (tertiary/aromatic N) is 1. The first-order valence-electron chi connectivity index (χ1n) is 6.21. The van der Waals surface area contributed by atoms with E-state index in [2.05, 4.69) is 58.0 Å². The van der Waals surface area contributed by atoms with Crippen molar-refractivity contribution in [3.63, 3.8) is 0 Å². The third-order valence-corrected chi connectivity index (χ3v) is 3.61. The quantitative estimate of drug-likeness (QED) is 0.892. The number of benzene rings is 1. The average molecular weight is 319 g/mol. The molecule has 0 unspecified atom stereocenters. The van der Waals surface area contributed by atoms with Crippen molar-refractivity contribution >= 4 is 21.8 Å². The molecule has 2 heterocycles. The Labute approximate surface area is 120 Å². The van der Waals surface area contributed by atoms with Gasteiger partial charge >= 0.3 is 0 Å². The Hall–Kier alpha value is -1.55. The number of aromatic amines is 1. The number of hydrogen-bond acceptors (Lipinski definition) is 2. The van der Waals surface area contributed by atoms with Gasteiger partial charge in [0, 0.05) is 16.2 Å². The van der Waals surface area contributed by atoms with Gasteiger partial charge in [0.2, 0.25) is 5.90 Å². The van der Waals surface area contributed by atoms with Gasteiger partial charge in [-0.3, -0.25) is 0 Å². The van der Waals surface area contributed by atoms with E-state index in [0.717, 1.165) is 21.3 Å². The molecule has 3 rings (SSSR count). The number of nitrogens with one attached hydrogen (secondary N) is 1. The maximum absolute atomic E-state index is 5.71. The van der Waals surface area contributed by atoms with Crippen LogP contribution in [0.1, 0.15) is 19.5 Å². The zero-order chi connectivity index (χ0) is 13.5. The second-order valence-corrected chi connectivity index (χ2v) is 6.21. The lowest BCUT2D eigenvalue weighted by molar-refractivity contribution is 0.279. The van der Waals surface area contributed by atoms with Crippen LogP contribution in [-0.2, 0) is 4.74 Å². The van der Waals surface area contributed by atoms with E-state index < -0.39 is 0 Å². The van der Waals surface area contributed by atoms with Crippen molar-refractivity contribution in [1.82, 2.24) is 4.98 Å². The lowest BCUT2D eigenvalue weighted by Gasteiger charge is -2.07. The van der Waals surface area contributed by atoms with Crippen molar-refractivity contribution in [2.75, 3.05) is 6.61 Å². The smallest absolute Gasteiger partial charge is 0.234 e. The van der Waals surface area contributed by atoms with Gasteiger partial charge in [-0.15, -0.1) is 0 Å². The Morgan fingerprint density at radius 2 is 1.95 bits per heavy atom. The molecule has 19 heavy (non-hydrogen) atoms. The second kappa shape index (κ2) is 4.53. The number of rotatable bonds is 2. The Bertz CT molecular complexity index is 626. The molecule has 0 saturated heterocycles. The molecule has 0 spiro atoms. The maximum Gasteiger partial charge on any atom is 0.234 e. The van der Waals surface area contributed by atoms with E-state index in [1.165, 1.54) is 0 Å². The van der Waals surface area contributed by atoms with E-state index in [9.17, 15) is 0 Å². The van der Waals surface area contributed by atoms with Gasteiger partial charge in [0.15, 0.2) is 0 Å². The van der Waals surface area contributed by atoms with Crippen molar-refractivity contribution in [3.05, 3.63) is 46.7 Å². The topological polar surface area (TPSA) is 37.4 Å². The number of aliphatic imine (C=N–C) groups is 1. The molecule has 0 amide bonds. The molecule has 0 saturated carbocycles. The summed E-state index contributed by atoms with van der Waals surface area (Å²) in [6.45, 7) is 4.77. The summed E-state index contributed by atoms with van der Waals surface area (Å²) >= 11 is 3.45. The van der Waals surface area contributed by atoms with E-state index in [1.54, 1.807) is 0 Å². The number of H-pyrrole nitrogens is 1. The van der Waals surface area contributed by atoms with E-state index >= 15 is 0 Å². The molecule has 1 N–H and O–H groups in total. The van der Waals surface area contributed by atoms with Gasteiger partial charge in [-0.1, -0.05) is 28.1 Å². The predicted octanol–water partition coefficient (Wildman–Crippen LogP) is 4.00. The lowest BCUT2D eigenvalue weighted by Crippen LogP contribution is -2.17. The fourth-order valence-corrected chi connectivity index (χ4v) is 2.39.